The van der Waals surface area contributed by atoms with Gasteiger partial charge in [0.2, 0.25) is 22.7 Å². The first-order chi connectivity index (χ1) is 22.9. The number of nitrogens with zero attached hydrogens (tertiary/aromatic N) is 2. The number of carbonyl (C=O) groups is 3. The lowest BCUT2D eigenvalue weighted by Crippen LogP contribution is -2.53. The van der Waals surface area contributed by atoms with E-state index < -0.39 is 89.5 Å². The molecule has 2 aromatic carbocycles. The molecule has 2 amide bonds. The molecule has 1 fully saturated rings. The van der Waals surface area contributed by atoms with Crippen molar-refractivity contribution in [1.29, 1.82) is 0 Å². The van der Waals surface area contributed by atoms with Gasteiger partial charge in [0, 0.05) is 25.8 Å². The predicted octanol–water partition coefficient (Wildman–Crippen LogP) is 3.50. The molecule has 0 bridgehead atoms. The van der Waals surface area contributed by atoms with E-state index in [4.69, 9.17) is 37.4 Å². The number of carbonyl (C=O) groups excluding carboxylic acids is 3. The van der Waals surface area contributed by atoms with Gasteiger partial charge in [0.25, 0.3) is 20.0 Å². The normalized spacial score (nSPS) is 20.8. The Morgan fingerprint density at radius 1 is 0.878 bits per heavy atom. The topological polar surface area (TPSA) is 178 Å². The predicted molar refractivity (Wildman–Crippen MR) is 174 cm³/mol. The van der Waals surface area contributed by atoms with Crippen LogP contribution in [-0.2, 0) is 48.6 Å². The van der Waals surface area contributed by atoms with Crippen LogP contribution < -0.4 is 19.2 Å². The van der Waals surface area contributed by atoms with Gasteiger partial charge in [-0.25, -0.2) is 39.0 Å². The summed E-state index contributed by atoms with van der Waals surface area (Å²) < 4.78 is 104. The zero-order chi connectivity index (χ0) is 36.3. The van der Waals surface area contributed by atoms with E-state index in [2.05, 4.69) is 10.6 Å². The summed E-state index contributed by atoms with van der Waals surface area (Å²) >= 11 is 12.5. The first-order valence-corrected chi connectivity index (χ1v) is 18.3. The van der Waals surface area contributed by atoms with Crippen molar-refractivity contribution in [1.82, 2.24) is 10.6 Å². The summed E-state index contributed by atoms with van der Waals surface area (Å²) in [6.45, 7) is 2.12. The molecule has 1 spiro atoms. The van der Waals surface area contributed by atoms with Gasteiger partial charge in [-0.2, -0.15) is 0 Å². The molecule has 0 aromatic heterocycles. The lowest BCUT2D eigenvalue weighted by atomic mass is 9.95. The minimum Gasteiger partial charge on any atom is -0.463 e. The zero-order valence-corrected chi connectivity index (χ0v) is 29.4. The van der Waals surface area contributed by atoms with Gasteiger partial charge in [-0.05, 0) is 62.2 Å². The summed E-state index contributed by atoms with van der Waals surface area (Å²) in [5, 5.41) is 3.75. The second-order valence-electron chi connectivity index (χ2n) is 10.8. The number of sulfonamides is 2. The van der Waals surface area contributed by atoms with Crippen molar-refractivity contribution in [3.8, 4) is 0 Å². The van der Waals surface area contributed by atoms with Gasteiger partial charge in [-0.3, -0.25) is 9.59 Å². The molecule has 1 aliphatic heterocycles. The first kappa shape index (κ1) is 38.3. The van der Waals surface area contributed by atoms with Gasteiger partial charge in [0.1, 0.15) is 25.0 Å². The number of esters is 1. The fourth-order valence-electron chi connectivity index (χ4n) is 5.05. The number of anilines is 2. The van der Waals surface area contributed by atoms with Gasteiger partial charge in [0.15, 0.2) is 5.79 Å². The van der Waals surface area contributed by atoms with Crippen LogP contribution in [0.2, 0.25) is 10.0 Å². The Morgan fingerprint density at radius 3 is 1.71 bits per heavy atom. The van der Waals surface area contributed by atoms with Crippen LogP contribution in [0.4, 0.5) is 20.2 Å². The lowest BCUT2D eigenvalue weighted by molar-refractivity contribution is -0.145. The maximum absolute atomic E-state index is 14.6. The molecule has 14 nitrogen and oxygen atoms in total. The quantitative estimate of drug-likeness (QED) is 0.240. The Morgan fingerprint density at radius 2 is 1.33 bits per heavy atom. The van der Waals surface area contributed by atoms with Crippen LogP contribution in [-0.4, -0.2) is 71.2 Å². The largest absolute Gasteiger partial charge is 0.463 e. The standard InChI is InChI=1S/C29H32Cl2F2N4O10S2/c1-4-45-26(40)19-6-5-11-29(14-19)46-27(48(41,42)36(15-34-17(2)38)24-9-7-20(32)12-22(24)30)28(47-29)49(43,44)37(16-35-18(3)39)25-10-8-21(33)13-23(25)31/h7-10,12-14,27-28H,4-6,11,15-16H2,1-3H3,(H,34,38)(H,35,39). The Balaban J connectivity index is 1.94. The third-order valence-corrected chi connectivity index (χ3v) is 11.8. The second-order valence-corrected chi connectivity index (χ2v) is 15.5. The summed E-state index contributed by atoms with van der Waals surface area (Å²) in [7, 11) is -10.3. The average Bonchev–Trinajstić information content (AvgIpc) is 3.39. The molecule has 0 saturated carbocycles. The number of hydrogen-bond acceptors (Lipinski definition) is 10. The number of halogens is 4. The Bertz CT molecular complexity index is 1770. The van der Waals surface area contributed by atoms with E-state index in [0.29, 0.717) is 8.61 Å². The summed E-state index contributed by atoms with van der Waals surface area (Å²) in [6.07, 6.45) is 1.35. The van der Waals surface area contributed by atoms with Crippen LogP contribution in [0.5, 0.6) is 0 Å². The monoisotopic (exact) mass is 768 g/mol. The van der Waals surface area contributed by atoms with Crippen molar-refractivity contribution in [2.75, 3.05) is 28.6 Å². The van der Waals surface area contributed by atoms with E-state index in [1.165, 1.54) is 0 Å². The van der Waals surface area contributed by atoms with Crippen molar-refractivity contribution in [2.24, 2.45) is 0 Å². The highest BCUT2D eigenvalue weighted by Gasteiger charge is 2.60. The number of nitrogens with one attached hydrogen (secondary N) is 2. The van der Waals surface area contributed by atoms with Crippen LogP contribution in [0, 0.1) is 11.6 Å². The van der Waals surface area contributed by atoms with E-state index in [0.717, 1.165) is 56.3 Å². The lowest BCUT2D eigenvalue weighted by Gasteiger charge is -2.32. The molecule has 49 heavy (non-hydrogen) atoms. The third kappa shape index (κ3) is 8.43. The Labute approximate surface area is 291 Å². The maximum Gasteiger partial charge on any atom is 0.333 e. The third-order valence-electron chi connectivity index (χ3n) is 7.26. The molecular formula is C29H32Cl2F2N4O10S2. The fraction of sp³-hybridized carbons (Fsp3) is 0.414. The number of benzene rings is 2. The van der Waals surface area contributed by atoms with Crippen LogP contribution in [0.25, 0.3) is 0 Å². The summed E-state index contributed by atoms with van der Waals surface area (Å²) in [4.78, 5) is 36.5. The number of hydrogen-bond donors (Lipinski definition) is 2. The van der Waals surface area contributed by atoms with Crippen molar-refractivity contribution >= 4 is 72.4 Å². The molecule has 2 aliphatic rings. The summed E-state index contributed by atoms with van der Waals surface area (Å²) in [6, 6.07) is 5.37. The summed E-state index contributed by atoms with van der Waals surface area (Å²) in [5.41, 5.74) is -5.63. The average molecular weight is 770 g/mol. The Kier molecular flexibility index (Phi) is 11.8. The van der Waals surface area contributed by atoms with Crippen LogP contribution >= 0.6 is 23.2 Å². The zero-order valence-electron chi connectivity index (χ0n) is 26.2. The summed E-state index contributed by atoms with van der Waals surface area (Å²) in [5.74, 6) is -5.93. The molecule has 2 unspecified atom stereocenters. The molecular weight excluding hydrogens is 737 g/mol. The highest BCUT2D eigenvalue weighted by Crippen LogP contribution is 2.45. The smallest absolute Gasteiger partial charge is 0.333 e. The van der Waals surface area contributed by atoms with Crippen LogP contribution in [0.3, 0.4) is 0 Å². The molecule has 268 valence electrons. The number of ether oxygens (including phenoxy) is 3. The highest BCUT2D eigenvalue weighted by atomic mass is 35.5. The molecule has 2 atom stereocenters. The highest BCUT2D eigenvalue weighted by molar-refractivity contribution is 7.97. The Hall–Kier alpha value is -3.55. The molecule has 2 N–H and O–H groups in total. The molecule has 4 rings (SSSR count). The molecule has 1 aliphatic carbocycles. The van der Waals surface area contributed by atoms with Crippen LogP contribution in [0.1, 0.15) is 40.0 Å². The van der Waals surface area contributed by atoms with E-state index in [-0.39, 0.29) is 42.8 Å². The van der Waals surface area contributed by atoms with Crippen molar-refractivity contribution < 1.29 is 54.2 Å². The molecule has 20 heteroatoms. The van der Waals surface area contributed by atoms with Gasteiger partial charge in [-0.1, -0.05) is 23.2 Å². The first-order valence-electron chi connectivity index (χ1n) is 14.6. The van der Waals surface area contributed by atoms with Gasteiger partial charge in [-0.15, -0.1) is 0 Å². The van der Waals surface area contributed by atoms with E-state index in [1.807, 2.05) is 0 Å². The molecule has 2 aromatic rings. The molecule has 1 saturated heterocycles. The van der Waals surface area contributed by atoms with Crippen LogP contribution in [0.15, 0.2) is 48.0 Å². The molecule has 0 radical (unpaired) electrons. The van der Waals surface area contributed by atoms with Crippen molar-refractivity contribution in [3.05, 3.63) is 69.7 Å². The fourth-order valence-corrected chi connectivity index (χ4v) is 9.63. The number of amides is 2. The molecule has 1 heterocycles. The minimum absolute atomic E-state index is 0.00592. The maximum atomic E-state index is 14.6. The van der Waals surface area contributed by atoms with Gasteiger partial charge < -0.3 is 24.8 Å². The van der Waals surface area contributed by atoms with Gasteiger partial charge in [0.05, 0.1) is 28.0 Å². The van der Waals surface area contributed by atoms with E-state index in [9.17, 15) is 40.0 Å². The van der Waals surface area contributed by atoms with Crippen molar-refractivity contribution in [2.45, 2.75) is 56.7 Å². The number of rotatable bonds is 12. The van der Waals surface area contributed by atoms with E-state index >= 15 is 0 Å². The second kappa shape index (κ2) is 15.1. The van der Waals surface area contributed by atoms with E-state index in [1.54, 1.807) is 6.92 Å². The minimum atomic E-state index is -5.17. The van der Waals surface area contributed by atoms with Crippen molar-refractivity contribution in [3.63, 3.8) is 0 Å². The SMILES string of the molecule is CCOC(=O)C1=CC2(CCC1)OC(S(=O)(=O)N(CNC(C)=O)c1ccc(F)cc1Cl)C(S(=O)(=O)N(CNC(C)=O)c1ccc(F)cc1Cl)O2. The van der Waals surface area contributed by atoms with Gasteiger partial charge >= 0.3 is 5.97 Å².